The van der Waals surface area contributed by atoms with Crippen LogP contribution in [-0.2, 0) is 4.74 Å². The fourth-order valence-electron chi connectivity index (χ4n) is 1.71. The largest absolute Gasteiger partial charge is 0.489 e. The summed E-state index contributed by atoms with van der Waals surface area (Å²) < 4.78 is 16.0. The molecule has 2 rings (SSSR count). The summed E-state index contributed by atoms with van der Waals surface area (Å²) in [6, 6.07) is 1.73. The van der Waals surface area contributed by atoms with Gasteiger partial charge in [0.15, 0.2) is 0 Å². The first kappa shape index (κ1) is 13.4. The molecule has 1 aliphatic rings. The Labute approximate surface area is 112 Å². The van der Waals surface area contributed by atoms with Crippen LogP contribution in [-0.4, -0.2) is 31.9 Å². The van der Waals surface area contributed by atoms with Gasteiger partial charge in [-0.1, -0.05) is 18.0 Å². The molecule has 0 radical (unpaired) electrons. The lowest BCUT2D eigenvalue weighted by Crippen LogP contribution is -2.19. The lowest BCUT2D eigenvalue weighted by molar-refractivity contribution is 0.145. The van der Waals surface area contributed by atoms with Gasteiger partial charge in [-0.25, -0.2) is 4.98 Å². The van der Waals surface area contributed by atoms with E-state index >= 15 is 0 Å². The van der Waals surface area contributed by atoms with E-state index in [4.69, 9.17) is 25.8 Å². The van der Waals surface area contributed by atoms with Crippen molar-refractivity contribution < 1.29 is 14.2 Å². The molecule has 0 spiro atoms. The van der Waals surface area contributed by atoms with Crippen LogP contribution >= 0.6 is 11.6 Å². The quantitative estimate of drug-likeness (QED) is 0.715. The Morgan fingerprint density at radius 1 is 1.33 bits per heavy atom. The van der Waals surface area contributed by atoms with Crippen molar-refractivity contribution in [2.45, 2.75) is 19.3 Å². The molecule has 0 aliphatic heterocycles. The Morgan fingerprint density at radius 2 is 2.17 bits per heavy atom. The van der Waals surface area contributed by atoms with Gasteiger partial charge in [0.2, 0.25) is 5.88 Å². The summed E-state index contributed by atoms with van der Waals surface area (Å²) in [6.07, 6.45) is 5.42. The minimum Gasteiger partial charge on any atom is -0.489 e. The number of ether oxygens (including phenoxy) is 3. The van der Waals surface area contributed by atoms with Crippen LogP contribution in [0.4, 0.5) is 0 Å². The summed E-state index contributed by atoms with van der Waals surface area (Å²) in [6.45, 7) is 1.67. The fraction of sp³-hybridized carbons (Fsp3) is 0.615. The molecule has 1 aliphatic carbocycles. The van der Waals surface area contributed by atoms with Crippen molar-refractivity contribution >= 4 is 11.6 Å². The third-order valence-electron chi connectivity index (χ3n) is 3.05. The highest BCUT2D eigenvalue weighted by atomic mass is 35.5. The first-order chi connectivity index (χ1) is 8.81. The van der Waals surface area contributed by atoms with Gasteiger partial charge in [-0.15, -0.1) is 0 Å². The molecule has 0 unspecified atom stereocenters. The lowest BCUT2D eigenvalue weighted by atomic mass is 9.86. The molecule has 4 nitrogen and oxygen atoms in total. The predicted molar refractivity (Wildman–Crippen MR) is 69.5 cm³/mol. The van der Waals surface area contributed by atoms with Gasteiger partial charge in [0.25, 0.3) is 0 Å². The van der Waals surface area contributed by atoms with Crippen LogP contribution in [0.2, 0.25) is 5.02 Å². The van der Waals surface area contributed by atoms with Gasteiger partial charge in [0.05, 0.1) is 13.2 Å². The molecule has 1 heterocycles. The van der Waals surface area contributed by atoms with E-state index in [1.54, 1.807) is 19.4 Å². The predicted octanol–water partition coefficient (Wildman–Crippen LogP) is 2.94. The molecule has 0 N–H and O–H groups in total. The highest BCUT2D eigenvalue weighted by Crippen LogP contribution is 2.33. The van der Waals surface area contributed by atoms with Crippen molar-refractivity contribution in [2.75, 3.05) is 26.9 Å². The van der Waals surface area contributed by atoms with E-state index in [9.17, 15) is 0 Å². The average Bonchev–Trinajstić information content (AvgIpc) is 2.31. The number of methoxy groups -OCH3 is 1. The Bertz CT molecular complexity index is 382. The van der Waals surface area contributed by atoms with E-state index in [1.807, 2.05) is 0 Å². The topological polar surface area (TPSA) is 40.6 Å². The first-order valence-electron chi connectivity index (χ1n) is 6.20. The minimum absolute atomic E-state index is 0.438. The van der Waals surface area contributed by atoms with Gasteiger partial charge in [-0.2, -0.15) is 0 Å². The molecule has 1 aromatic heterocycles. The van der Waals surface area contributed by atoms with Crippen LogP contribution in [0, 0.1) is 5.92 Å². The van der Waals surface area contributed by atoms with Gasteiger partial charge in [0.1, 0.15) is 17.4 Å². The summed E-state index contributed by atoms with van der Waals surface area (Å²) in [5.41, 5.74) is 0. The number of halogens is 1. The Hall–Kier alpha value is -1.00. The first-order valence-corrected chi connectivity index (χ1v) is 6.58. The zero-order valence-corrected chi connectivity index (χ0v) is 11.3. The molecule has 1 fully saturated rings. The lowest BCUT2D eigenvalue weighted by Gasteiger charge is -2.25. The van der Waals surface area contributed by atoms with Gasteiger partial charge >= 0.3 is 0 Å². The monoisotopic (exact) mass is 271 g/mol. The molecule has 5 heteroatoms. The second kappa shape index (κ2) is 6.81. The third kappa shape index (κ3) is 3.50. The Kier molecular flexibility index (Phi) is 5.08. The van der Waals surface area contributed by atoms with Gasteiger partial charge < -0.3 is 14.2 Å². The summed E-state index contributed by atoms with van der Waals surface area (Å²) in [7, 11) is 1.63. The van der Waals surface area contributed by atoms with E-state index in [2.05, 4.69) is 4.98 Å². The normalized spacial score (nSPS) is 15.2. The van der Waals surface area contributed by atoms with Crippen molar-refractivity contribution in [1.82, 2.24) is 4.98 Å². The Morgan fingerprint density at radius 3 is 2.83 bits per heavy atom. The van der Waals surface area contributed by atoms with Gasteiger partial charge in [-0.3, -0.25) is 0 Å². The van der Waals surface area contributed by atoms with Crippen LogP contribution in [0.15, 0.2) is 12.3 Å². The fourth-order valence-corrected chi connectivity index (χ4v) is 1.93. The van der Waals surface area contributed by atoms with E-state index in [0.29, 0.717) is 42.4 Å². The zero-order valence-electron chi connectivity index (χ0n) is 10.5. The van der Waals surface area contributed by atoms with Crippen molar-refractivity contribution in [3.8, 4) is 11.6 Å². The third-order valence-corrected chi connectivity index (χ3v) is 3.40. The molecule has 0 bridgehead atoms. The molecule has 1 aromatic rings. The molecule has 1 saturated carbocycles. The van der Waals surface area contributed by atoms with Crippen LogP contribution in [0.5, 0.6) is 11.6 Å². The van der Waals surface area contributed by atoms with Crippen LogP contribution < -0.4 is 9.47 Å². The zero-order chi connectivity index (χ0) is 12.8. The number of hydrogen-bond acceptors (Lipinski definition) is 4. The van der Waals surface area contributed by atoms with Crippen LogP contribution in [0.3, 0.4) is 0 Å². The number of aromatic nitrogens is 1. The van der Waals surface area contributed by atoms with Crippen molar-refractivity contribution in [3.63, 3.8) is 0 Å². The van der Waals surface area contributed by atoms with E-state index < -0.39 is 0 Å². The SMILES string of the molecule is COCCOc1ccnc(OCC2CCC2)c1Cl. The number of hydrogen-bond donors (Lipinski definition) is 0. The highest BCUT2D eigenvalue weighted by Gasteiger charge is 2.19. The van der Waals surface area contributed by atoms with E-state index in [-0.39, 0.29) is 0 Å². The maximum atomic E-state index is 6.18. The maximum absolute atomic E-state index is 6.18. The van der Waals surface area contributed by atoms with Crippen molar-refractivity contribution in [2.24, 2.45) is 5.92 Å². The smallest absolute Gasteiger partial charge is 0.236 e. The van der Waals surface area contributed by atoms with Crippen LogP contribution in [0.1, 0.15) is 19.3 Å². The second-order valence-electron chi connectivity index (χ2n) is 4.38. The molecule has 0 aromatic carbocycles. The Balaban J connectivity index is 1.90. The summed E-state index contributed by atoms with van der Waals surface area (Å²) in [4.78, 5) is 4.13. The maximum Gasteiger partial charge on any atom is 0.236 e. The summed E-state index contributed by atoms with van der Waals surface area (Å²) in [5, 5.41) is 0.438. The van der Waals surface area contributed by atoms with Crippen LogP contribution in [0.25, 0.3) is 0 Å². The molecule has 100 valence electrons. The molecular formula is C13H18ClNO3. The highest BCUT2D eigenvalue weighted by molar-refractivity contribution is 6.33. The van der Waals surface area contributed by atoms with Gasteiger partial charge in [0, 0.05) is 19.4 Å². The minimum atomic E-state index is 0.438. The molecule has 18 heavy (non-hydrogen) atoms. The van der Waals surface area contributed by atoms with E-state index in [1.165, 1.54) is 19.3 Å². The standard InChI is InChI=1S/C13H18ClNO3/c1-16-7-8-17-11-5-6-15-13(12(11)14)18-9-10-3-2-4-10/h5-6,10H,2-4,7-9H2,1H3. The molecular weight excluding hydrogens is 254 g/mol. The van der Waals surface area contributed by atoms with Gasteiger partial charge in [-0.05, 0) is 18.8 Å². The molecule has 0 amide bonds. The number of pyridine rings is 1. The summed E-state index contributed by atoms with van der Waals surface area (Å²) >= 11 is 6.18. The number of nitrogens with zero attached hydrogens (tertiary/aromatic N) is 1. The number of rotatable bonds is 7. The summed E-state index contributed by atoms with van der Waals surface area (Å²) in [5.74, 6) is 1.70. The second-order valence-corrected chi connectivity index (χ2v) is 4.76. The van der Waals surface area contributed by atoms with E-state index in [0.717, 1.165) is 0 Å². The average molecular weight is 272 g/mol. The molecule has 0 saturated heterocycles. The van der Waals surface area contributed by atoms with Crippen molar-refractivity contribution in [3.05, 3.63) is 17.3 Å². The molecule has 0 atom stereocenters. The van der Waals surface area contributed by atoms with Crippen molar-refractivity contribution in [1.29, 1.82) is 0 Å².